The number of benzene rings is 1. The Morgan fingerprint density at radius 3 is 2.74 bits per heavy atom. The second kappa shape index (κ2) is 11.0. The van der Waals surface area contributed by atoms with Gasteiger partial charge in [-0.3, -0.25) is 14.3 Å². The van der Waals surface area contributed by atoms with Crippen LogP contribution in [0.2, 0.25) is 0 Å². The molecule has 4 rings (SSSR count). The Bertz CT molecular complexity index is 1090. The molecule has 0 saturated carbocycles. The topological polar surface area (TPSA) is 112 Å². The van der Waals surface area contributed by atoms with Gasteiger partial charge in [0.15, 0.2) is 0 Å². The van der Waals surface area contributed by atoms with Crippen molar-refractivity contribution in [3.63, 3.8) is 0 Å². The number of hydrogen-bond donors (Lipinski definition) is 2. The number of aryl methyl sites for hydroxylation is 2. The molecule has 9 heteroatoms. The lowest BCUT2D eigenvalue weighted by Crippen LogP contribution is -2.40. The summed E-state index contributed by atoms with van der Waals surface area (Å²) in [6, 6.07) is 6.51. The van der Waals surface area contributed by atoms with E-state index in [1.165, 1.54) is 0 Å². The molecule has 188 valence electrons. The predicted octanol–water partition coefficient (Wildman–Crippen LogP) is 2.53. The number of rotatable bonds is 8. The van der Waals surface area contributed by atoms with Crippen molar-refractivity contribution in [1.82, 2.24) is 20.4 Å². The van der Waals surface area contributed by atoms with E-state index in [-0.39, 0.29) is 23.8 Å². The molecule has 0 unspecified atom stereocenters. The summed E-state index contributed by atoms with van der Waals surface area (Å²) in [5.41, 5.74) is 3.24. The smallest absolute Gasteiger partial charge is 0.338 e. The monoisotopic (exact) mass is 482 g/mol. The summed E-state index contributed by atoms with van der Waals surface area (Å²) in [5, 5.41) is 10.6. The molecule has 0 atom stereocenters. The van der Waals surface area contributed by atoms with Gasteiger partial charge in [-0.15, -0.1) is 0 Å². The first-order valence-corrected chi connectivity index (χ1v) is 12.5. The maximum absolute atomic E-state index is 12.9. The molecular formula is C26H34N4O5. The van der Waals surface area contributed by atoms with Crippen LogP contribution in [0, 0.1) is 5.41 Å². The average Bonchev–Trinajstić information content (AvgIpc) is 3.15. The van der Waals surface area contributed by atoms with E-state index in [1.54, 1.807) is 24.3 Å². The number of amides is 2. The number of carbonyl (C=O) groups excluding carboxylic acids is 3. The SMILES string of the molecule is CCNC(=O)c1cccc(C(=O)OCCCn2nc(CC)c3c2CC2(CCOCC2)CNC3=O)c1. The quantitative estimate of drug-likeness (QED) is 0.442. The van der Waals surface area contributed by atoms with Gasteiger partial charge < -0.3 is 20.1 Å². The van der Waals surface area contributed by atoms with E-state index in [1.807, 2.05) is 18.5 Å². The number of carbonyl (C=O) groups is 3. The van der Waals surface area contributed by atoms with Crippen LogP contribution in [0.3, 0.4) is 0 Å². The molecule has 1 fully saturated rings. The van der Waals surface area contributed by atoms with Gasteiger partial charge in [-0.1, -0.05) is 13.0 Å². The van der Waals surface area contributed by atoms with Gasteiger partial charge in [0.05, 0.1) is 29.1 Å². The highest BCUT2D eigenvalue weighted by molar-refractivity contribution is 5.98. The van der Waals surface area contributed by atoms with E-state index in [0.717, 1.165) is 30.7 Å². The van der Waals surface area contributed by atoms with Crippen molar-refractivity contribution in [2.45, 2.75) is 52.5 Å². The molecule has 1 spiro atoms. The van der Waals surface area contributed by atoms with Gasteiger partial charge in [0.1, 0.15) is 0 Å². The van der Waals surface area contributed by atoms with E-state index in [9.17, 15) is 14.4 Å². The maximum Gasteiger partial charge on any atom is 0.338 e. The van der Waals surface area contributed by atoms with Gasteiger partial charge in [0.2, 0.25) is 0 Å². The number of nitrogens with one attached hydrogen (secondary N) is 2. The Balaban J connectivity index is 1.41. The number of esters is 1. The molecule has 9 nitrogen and oxygen atoms in total. The van der Waals surface area contributed by atoms with Gasteiger partial charge in [0, 0.05) is 44.8 Å². The zero-order valence-corrected chi connectivity index (χ0v) is 20.5. The summed E-state index contributed by atoms with van der Waals surface area (Å²) < 4.78 is 13.0. The minimum atomic E-state index is -0.467. The van der Waals surface area contributed by atoms with E-state index < -0.39 is 5.97 Å². The van der Waals surface area contributed by atoms with Crippen LogP contribution in [0.4, 0.5) is 0 Å². The van der Waals surface area contributed by atoms with E-state index >= 15 is 0 Å². The lowest BCUT2D eigenvalue weighted by Gasteiger charge is -2.36. The molecule has 2 N–H and O–H groups in total. The van der Waals surface area contributed by atoms with Gasteiger partial charge >= 0.3 is 5.97 Å². The summed E-state index contributed by atoms with van der Waals surface area (Å²) in [6.45, 7) is 7.19. The third kappa shape index (κ3) is 5.56. The molecule has 2 aliphatic heterocycles. The van der Waals surface area contributed by atoms with Crippen molar-refractivity contribution >= 4 is 17.8 Å². The van der Waals surface area contributed by atoms with Crippen LogP contribution in [0.5, 0.6) is 0 Å². The van der Waals surface area contributed by atoms with E-state index in [4.69, 9.17) is 14.6 Å². The molecule has 2 amide bonds. The van der Waals surface area contributed by atoms with Crippen LogP contribution < -0.4 is 10.6 Å². The van der Waals surface area contributed by atoms with Crippen LogP contribution in [-0.2, 0) is 28.9 Å². The highest BCUT2D eigenvalue weighted by Gasteiger charge is 2.39. The van der Waals surface area contributed by atoms with Crippen LogP contribution >= 0.6 is 0 Å². The third-order valence-corrected chi connectivity index (χ3v) is 6.86. The Kier molecular flexibility index (Phi) is 7.85. The van der Waals surface area contributed by atoms with Crippen LogP contribution in [0.1, 0.15) is 75.6 Å². The number of nitrogens with zero attached hydrogens (tertiary/aromatic N) is 2. The maximum atomic E-state index is 12.9. The summed E-state index contributed by atoms with van der Waals surface area (Å²) in [7, 11) is 0. The van der Waals surface area contributed by atoms with Gasteiger partial charge in [0.25, 0.3) is 11.8 Å². The fourth-order valence-electron chi connectivity index (χ4n) is 4.87. The molecule has 0 aliphatic carbocycles. The molecule has 2 aliphatic rings. The van der Waals surface area contributed by atoms with E-state index in [0.29, 0.717) is 62.4 Å². The summed E-state index contributed by atoms with van der Waals surface area (Å²) >= 11 is 0. The van der Waals surface area contributed by atoms with Crippen molar-refractivity contribution < 1.29 is 23.9 Å². The second-order valence-electron chi connectivity index (χ2n) is 9.25. The van der Waals surface area contributed by atoms with Gasteiger partial charge in [-0.2, -0.15) is 5.10 Å². The zero-order chi connectivity index (χ0) is 24.8. The summed E-state index contributed by atoms with van der Waals surface area (Å²) in [5.74, 6) is -0.741. The molecule has 0 bridgehead atoms. The standard InChI is InChI=1S/C26H34N4O5/c1-3-20-22-21(16-26(17-28-24(22)32)9-13-34-14-10-26)30(29-20)11-6-12-35-25(33)19-8-5-7-18(15-19)23(31)27-4-2/h5,7-8,15H,3-4,6,9-14,16-17H2,1-2H3,(H,27,31)(H,28,32). The van der Waals surface area contributed by atoms with Gasteiger partial charge in [-0.05, 0) is 56.2 Å². The Morgan fingerprint density at radius 1 is 1.23 bits per heavy atom. The highest BCUT2D eigenvalue weighted by Crippen LogP contribution is 2.37. The molecule has 2 aromatic rings. The number of ether oxygens (including phenoxy) is 2. The average molecular weight is 483 g/mol. The van der Waals surface area contributed by atoms with Crippen molar-refractivity contribution in [1.29, 1.82) is 0 Å². The lowest BCUT2D eigenvalue weighted by molar-refractivity contribution is 0.0152. The number of hydrogen-bond acceptors (Lipinski definition) is 6. The van der Waals surface area contributed by atoms with Crippen LogP contribution in [-0.4, -0.2) is 60.5 Å². The molecule has 1 aromatic heterocycles. The van der Waals surface area contributed by atoms with Gasteiger partial charge in [-0.25, -0.2) is 4.79 Å². The normalized spacial score (nSPS) is 16.8. The predicted molar refractivity (Wildman–Crippen MR) is 129 cm³/mol. The fourth-order valence-corrected chi connectivity index (χ4v) is 4.87. The molecule has 35 heavy (non-hydrogen) atoms. The first-order valence-electron chi connectivity index (χ1n) is 12.5. The summed E-state index contributed by atoms with van der Waals surface area (Å²) in [6.07, 6.45) is 3.84. The largest absolute Gasteiger partial charge is 0.462 e. The first-order chi connectivity index (χ1) is 17.0. The number of fused-ring (bicyclic) bond motifs is 1. The first kappa shape index (κ1) is 24.9. The fraction of sp³-hybridized carbons (Fsp3) is 0.538. The van der Waals surface area contributed by atoms with Crippen LogP contribution in [0.15, 0.2) is 24.3 Å². The Morgan fingerprint density at radius 2 is 2.00 bits per heavy atom. The molecule has 1 aromatic carbocycles. The highest BCUT2D eigenvalue weighted by atomic mass is 16.5. The molecule has 3 heterocycles. The lowest BCUT2D eigenvalue weighted by atomic mass is 9.76. The second-order valence-corrected chi connectivity index (χ2v) is 9.25. The minimum absolute atomic E-state index is 0.0104. The molecular weight excluding hydrogens is 448 g/mol. The number of aromatic nitrogens is 2. The van der Waals surface area contributed by atoms with Crippen molar-refractivity contribution in [2.24, 2.45) is 5.41 Å². The van der Waals surface area contributed by atoms with Crippen molar-refractivity contribution in [3.8, 4) is 0 Å². The van der Waals surface area contributed by atoms with Crippen molar-refractivity contribution in [3.05, 3.63) is 52.3 Å². The Hall–Kier alpha value is -3.20. The molecule has 0 radical (unpaired) electrons. The summed E-state index contributed by atoms with van der Waals surface area (Å²) in [4.78, 5) is 37.5. The zero-order valence-electron chi connectivity index (χ0n) is 20.5. The molecule has 1 saturated heterocycles. The third-order valence-electron chi connectivity index (χ3n) is 6.86. The van der Waals surface area contributed by atoms with Crippen LogP contribution in [0.25, 0.3) is 0 Å². The Labute approximate surface area is 205 Å². The minimum Gasteiger partial charge on any atom is -0.462 e. The van der Waals surface area contributed by atoms with Crippen molar-refractivity contribution in [2.75, 3.05) is 32.9 Å². The van der Waals surface area contributed by atoms with E-state index in [2.05, 4.69) is 10.6 Å².